The Bertz CT molecular complexity index is 376. The molecule has 0 aromatic carbocycles. The Morgan fingerprint density at radius 2 is 1.56 bits per heavy atom. The van der Waals surface area contributed by atoms with Crippen molar-refractivity contribution in [3.05, 3.63) is 0 Å². The third-order valence-electron chi connectivity index (χ3n) is 1.67. The van der Waals surface area contributed by atoms with Gasteiger partial charge in [0, 0.05) is 23.9 Å². The lowest BCUT2D eigenvalue weighted by Crippen LogP contribution is -2.29. The first kappa shape index (κ1) is 16.7. The van der Waals surface area contributed by atoms with E-state index in [0.717, 1.165) is 0 Å². The molecule has 4 nitrogen and oxygen atoms in total. The average molecular weight is 380 g/mol. The first-order valence-corrected chi connectivity index (χ1v) is 7.17. The van der Waals surface area contributed by atoms with Crippen molar-refractivity contribution >= 4 is 82.2 Å². The van der Waals surface area contributed by atoms with Gasteiger partial charge in [-0.3, -0.25) is 4.79 Å². The Balaban J connectivity index is 2.87. The van der Waals surface area contributed by atoms with Crippen molar-refractivity contribution in [1.29, 1.82) is 0 Å². The van der Waals surface area contributed by atoms with Crippen LogP contribution in [0, 0.1) is 0 Å². The van der Waals surface area contributed by atoms with Crippen LogP contribution >= 0.6 is 70.3 Å². The van der Waals surface area contributed by atoms with Crippen molar-refractivity contribution < 1.29 is 18.4 Å². The van der Waals surface area contributed by atoms with Crippen molar-refractivity contribution in [1.82, 2.24) is 8.61 Å². The van der Waals surface area contributed by atoms with Crippen LogP contribution in [0.15, 0.2) is 0 Å². The summed E-state index contributed by atoms with van der Waals surface area (Å²) in [6.45, 7) is 1.29. The number of halogens is 6. The van der Waals surface area contributed by atoms with Crippen molar-refractivity contribution in [2.24, 2.45) is 0 Å². The molecule has 0 aliphatic carbocycles. The Hall–Kier alpha value is 0.660. The molecule has 0 spiro atoms. The van der Waals surface area contributed by atoms with E-state index >= 15 is 0 Å². The number of hydrogen-bond donors (Lipinski definition) is 0. The number of alkyl halides is 6. The van der Waals surface area contributed by atoms with Crippen molar-refractivity contribution in [3.63, 3.8) is 0 Å². The fourth-order valence-electron chi connectivity index (χ4n) is 1.04. The molecule has 12 heteroatoms. The van der Waals surface area contributed by atoms with Crippen molar-refractivity contribution in [3.8, 4) is 0 Å². The van der Waals surface area contributed by atoms with Crippen LogP contribution in [0.3, 0.4) is 0 Å². The number of nitrogens with zero attached hydrogens (tertiary/aromatic N) is 2. The molecule has 1 saturated heterocycles. The minimum atomic E-state index is -2.87. The topological polar surface area (TPSA) is 40.6 Å². The SMILES string of the molecule is CC1C(=O)N(SC(F)(Cl)Cl)C(=O)N1SC(F)(Cl)Cl. The summed E-state index contributed by atoms with van der Waals surface area (Å²) in [5, 5.41) is 0. The Morgan fingerprint density at radius 1 is 1.11 bits per heavy atom. The van der Waals surface area contributed by atoms with Crippen LogP contribution in [0.1, 0.15) is 6.92 Å². The quantitative estimate of drug-likeness (QED) is 0.419. The molecular formula is C6H4Cl4F2N2O2S2. The standard InChI is InChI=1S/C6H4Cl4F2N2O2S2/c1-2-3(15)14(18-6(9,10)12)4(16)13(2)17-5(7,8)11/h2H,1H3. The smallest absolute Gasteiger partial charge is 0.271 e. The van der Waals surface area contributed by atoms with E-state index in [-0.39, 0.29) is 23.9 Å². The zero-order valence-corrected chi connectivity index (χ0v) is 13.0. The highest BCUT2D eigenvalue weighted by atomic mass is 35.5. The van der Waals surface area contributed by atoms with E-state index in [1.54, 1.807) is 0 Å². The number of imide groups is 1. The molecule has 18 heavy (non-hydrogen) atoms. The minimum Gasteiger partial charge on any atom is -0.271 e. The van der Waals surface area contributed by atoms with Gasteiger partial charge in [0.1, 0.15) is 6.04 Å². The van der Waals surface area contributed by atoms with Crippen LogP contribution in [0.4, 0.5) is 13.6 Å². The Labute approximate surface area is 129 Å². The molecule has 3 amide bonds. The highest BCUT2D eigenvalue weighted by molar-refractivity contribution is 8.03. The van der Waals surface area contributed by atoms with Gasteiger partial charge in [0.25, 0.3) is 5.91 Å². The van der Waals surface area contributed by atoms with Gasteiger partial charge in [-0.05, 0) is 6.92 Å². The molecular weight excluding hydrogens is 376 g/mol. The summed E-state index contributed by atoms with van der Waals surface area (Å²) in [5.41, 5.74) is 0. The molecule has 104 valence electrons. The summed E-state index contributed by atoms with van der Waals surface area (Å²) < 4.78 is 21.3. The summed E-state index contributed by atoms with van der Waals surface area (Å²) in [4.78, 5) is 23.3. The lowest BCUT2D eigenvalue weighted by atomic mass is 10.4. The Kier molecular flexibility index (Phi) is 5.17. The van der Waals surface area contributed by atoms with Gasteiger partial charge in [-0.25, -0.2) is 9.10 Å². The molecule has 0 saturated carbocycles. The van der Waals surface area contributed by atoms with E-state index in [9.17, 15) is 18.4 Å². The summed E-state index contributed by atoms with van der Waals surface area (Å²) in [6.07, 6.45) is 0. The van der Waals surface area contributed by atoms with E-state index in [4.69, 9.17) is 46.4 Å². The first-order valence-electron chi connectivity index (χ1n) is 4.11. The predicted molar refractivity (Wildman–Crippen MR) is 69.8 cm³/mol. The molecule has 1 heterocycles. The normalized spacial score (nSPS) is 22.1. The van der Waals surface area contributed by atoms with Crippen LogP contribution in [-0.2, 0) is 4.79 Å². The minimum absolute atomic E-state index is 0.0511. The van der Waals surface area contributed by atoms with Crippen LogP contribution in [-0.4, -0.2) is 34.4 Å². The Morgan fingerprint density at radius 3 is 1.94 bits per heavy atom. The molecule has 1 rings (SSSR count). The second-order valence-electron chi connectivity index (χ2n) is 2.99. The number of carbonyl (C=O) groups is 2. The number of urea groups is 1. The van der Waals surface area contributed by atoms with Gasteiger partial charge in [-0.1, -0.05) is 46.4 Å². The fraction of sp³-hybridized carbons (Fsp3) is 0.667. The van der Waals surface area contributed by atoms with Crippen LogP contribution in [0.2, 0.25) is 0 Å². The second-order valence-corrected chi connectivity index (χ2v) is 8.61. The summed E-state index contributed by atoms with van der Waals surface area (Å²) in [5.74, 6) is -0.821. The molecule has 0 radical (unpaired) electrons. The molecule has 1 fully saturated rings. The lowest BCUT2D eigenvalue weighted by Gasteiger charge is -2.20. The molecule has 0 N–H and O–H groups in total. The average Bonchev–Trinajstić information content (AvgIpc) is 2.31. The van der Waals surface area contributed by atoms with E-state index in [1.807, 2.05) is 0 Å². The number of rotatable bonds is 4. The third kappa shape index (κ3) is 4.35. The molecule has 1 aliphatic rings. The van der Waals surface area contributed by atoms with Gasteiger partial charge in [0.15, 0.2) is 0 Å². The van der Waals surface area contributed by atoms with Gasteiger partial charge < -0.3 is 0 Å². The molecule has 0 aromatic rings. The van der Waals surface area contributed by atoms with Crippen LogP contribution in [0.5, 0.6) is 0 Å². The molecule has 0 bridgehead atoms. The van der Waals surface area contributed by atoms with Gasteiger partial charge in [0.05, 0.1) is 0 Å². The van der Waals surface area contributed by atoms with E-state index in [0.29, 0.717) is 8.61 Å². The lowest BCUT2D eigenvalue weighted by molar-refractivity contribution is -0.124. The summed E-state index contributed by atoms with van der Waals surface area (Å²) in [6, 6.07) is -2.12. The molecule has 0 aromatic heterocycles. The van der Waals surface area contributed by atoms with Crippen molar-refractivity contribution in [2.45, 2.75) is 20.8 Å². The van der Waals surface area contributed by atoms with Gasteiger partial charge in [-0.15, -0.1) is 0 Å². The van der Waals surface area contributed by atoms with E-state index in [2.05, 4.69) is 0 Å². The molecule has 1 atom stereocenters. The number of carbonyl (C=O) groups excluding carboxylic acids is 2. The van der Waals surface area contributed by atoms with Crippen LogP contribution < -0.4 is 0 Å². The highest BCUT2D eigenvalue weighted by Gasteiger charge is 2.50. The number of hydrogen-bond acceptors (Lipinski definition) is 4. The maximum atomic E-state index is 13.0. The fourth-order valence-corrected chi connectivity index (χ4v) is 3.20. The maximum Gasteiger partial charge on any atom is 0.348 e. The summed E-state index contributed by atoms with van der Waals surface area (Å²) >= 11 is 20.3. The predicted octanol–water partition coefficient (Wildman–Crippen LogP) is 4.05. The van der Waals surface area contributed by atoms with Gasteiger partial charge >= 0.3 is 13.9 Å². The number of amides is 3. The zero-order valence-electron chi connectivity index (χ0n) is 8.37. The highest BCUT2D eigenvalue weighted by Crippen LogP contribution is 2.46. The third-order valence-corrected chi connectivity index (χ3v) is 4.10. The first-order chi connectivity index (χ1) is 7.92. The van der Waals surface area contributed by atoms with E-state index < -0.39 is 25.8 Å². The maximum absolute atomic E-state index is 13.0. The van der Waals surface area contributed by atoms with Crippen molar-refractivity contribution in [2.75, 3.05) is 0 Å². The van der Waals surface area contributed by atoms with Crippen LogP contribution in [0.25, 0.3) is 0 Å². The largest absolute Gasteiger partial charge is 0.348 e. The van der Waals surface area contributed by atoms with E-state index in [1.165, 1.54) is 6.92 Å². The van der Waals surface area contributed by atoms with Gasteiger partial charge in [-0.2, -0.15) is 13.1 Å². The molecule has 1 aliphatic heterocycles. The van der Waals surface area contributed by atoms with Gasteiger partial charge in [0.2, 0.25) is 0 Å². The zero-order chi connectivity index (χ0) is 14.3. The monoisotopic (exact) mass is 378 g/mol. The second kappa shape index (κ2) is 5.57. The molecule has 1 unspecified atom stereocenters. The summed E-state index contributed by atoms with van der Waals surface area (Å²) in [7, 11) is 0.